The Hall–Kier alpha value is -4.18. The highest BCUT2D eigenvalue weighted by atomic mass is 32.2. The zero-order valence-corrected chi connectivity index (χ0v) is 32.4. The number of urea groups is 1. The van der Waals surface area contributed by atoms with Gasteiger partial charge in [0.05, 0.1) is 16.0 Å². The van der Waals surface area contributed by atoms with Crippen LogP contribution in [0.15, 0.2) is 36.9 Å². The third kappa shape index (κ3) is 8.32. The van der Waals surface area contributed by atoms with Crippen molar-refractivity contribution in [2.75, 3.05) is 18.8 Å². The Morgan fingerprint density at radius 1 is 1.04 bits per heavy atom. The van der Waals surface area contributed by atoms with Crippen LogP contribution in [-0.2, 0) is 41.9 Å². The van der Waals surface area contributed by atoms with Crippen molar-refractivity contribution >= 4 is 39.4 Å². The Balaban J connectivity index is 1.42. The van der Waals surface area contributed by atoms with Crippen LogP contribution in [0.1, 0.15) is 84.3 Å². The summed E-state index contributed by atoms with van der Waals surface area (Å²) in [7, 11) is -3.60. The van der Waals surface area contributed by atoms with Crippen LogP contribution in [0.3, 0.4) is 0 Å². The monoisotopic (exact) mass is 749 g/mol. The first-order valence-corrected chi connectivity index (χ1v) is 20.4. The molecule has 3 aliphatic carbocycles. The van der Waals surface area contributed by atoms with Crippen LogP contribution in [0.5, 0.6) is 0 Å². The predicted molar refractivity (Wildman–Crippen MR) is 202 cm³/mol. The predicted octanol–water partition coefficient (Wildman–Crippen LogP) is 2.85. The number of nitrogens with zero attached hydrogens (tertiary/aromatic N) is 1. The topological polar surface area (TPSA) is 171 Å². The van der Waals surface area contributed by atoms with E-state index in [1.54, 1.807) is 20.8 Å². The second-order valence-electron chi connectivity index (χ2n) is 16.9. The van der Waals surface area contributed by atoms with Crippen molar-refractivity contribution in [3.05, 3.63) is 48.0 Å². The van der Waals surface area contributed by atoms with E-state index in [0.29, 0.717) is 25.7 Å². The number of benzene rings is 1. The number of carbonyl (C=O) groups excluding carboxylic acids is 5. The van der Waals surface area contributed by atoms with Crippen molar-refractivity contribution < 1.29 is 32.4 Å². The smallest absolute Gasteiger partial charge is 0.315 e. The first-order chi connectivity index (χ1) is 24.9. The van der Waals surface area contributed by atoms with Gasteiger partial charge in [0, 0.05) is 19.5 Å². The van der Waals surface area contributed by atoms with Gasteiger partial charge in [-0.15, -0.1) is 18.9 Å². The van der Waals surface area contributed by atoms with Gasteiger partial charge in [0.1, 0.15) is 18.1 Å². The SMILES string of the molecule is C#CCC(NC(=O)[C@@H]1[C@@H]2[C@H](CN1C(=O)[C@@H](NC(=O)NC1(CS(=O)(=O)C(C)(C)C)CCCCC1)C1Cc3ccccc3C1)C2(C)C)C(=O)C(=O)NCC=C. The molecule has 0 aromatic heterocycles. The minimum atomic E-state index is -3.60. The Morgan fingerprint density at radius 2 is 1.66 bits per heavy atom. The molecule has 0 bridgehead atoms. The van der Waals surface area contributed by atoms with Crippen LogP contribution < -0.4 is 21.3 Å². The molecule has 3 fully saturated rings. The number of hydrogen-bond acceptors (Lipinski definition) is 7. The summed E-state index contributed by atoms with van der Waals surface area (Å²) in [6, 6.07) is 3.95. The van der Waals surface area contributed by atoms with E-state index in [9.17, 15) is 32.4 Å². The molecule has 288 valence electrons. The summed E-state index contributed by atoms with van der Waals surface area (Å²) in [5.41, 5.74) is 0.894. The fraction of sp³-hybridized carbons (Fsp3) is 0.625. The van der Waals surface area contributed by atoms with Gasteiger partial charge in [-0.05, 0) is 80.8 Å². The third-order valence-corrected chi connectivity index (χ3v) is 14.8. The van der Waals surface area contributed by atoms with Crippen molar-refractivity contribution in [2.45, 2.75) is 114 Å². The number of rotatable bonds is 13. The highest BCUT2D eigenvalue weighted by Gasteiger charge is 2.70. The van der Waals surface area contributed by atoms with Crippen molar-refractivity contribution in [1.82, 2.24) is 26.2 Å². The van der Waals surface area contributed by atoms with Crippen LogP contribution in [0.2, 0.25) is 0 Å². The second-order valence-corrected chi connectivity index (χ2v) is 19.7. The standard InChI is InChI=1S/C40H55N5O7S/c1-8-15-29(33(46)35(48)41-20-9-2)42-34(47)32-30-28(39(30,6)7)23-45(32)36(49)31(27-21-25-16-11-12-17-26(25)22-27)43-37(50)44-40(18-13-10-14-19-40)24-53(51,52)38(3,4)5/h1,9,11-12,16-17,27-32H,2,10,13-15,18-24H2,3-7H3,(H,41,48)(H,42,47)(H2,43,44,50)/t28-,29?,30-,31-,32-/m0/s1. The number of hydrogen-bond donors (Lipinski definition) is 4. The van der Waals surface area contributed by atoms with E-state index < -0.39 is 67.8 Å². The summed E-state index contributed by atoms with van der Waals surface area (Å²) in [5, 5.41) is 11.1. The summed E-state index contributed by atoms with van der Waals surface area (Å²) >= 11 is 0. The largest absolute Gasteiger partial charge is 0.346 e. The lowest BCUT2D eigenvalue weighted by Crippen LogP contribution is -2.63. The molecule has 1 unspecified atom stereocenters. The third-order valence-electron chi connectivity index (χ3n) is 12.0. The molecular formula is C40H55N5O7S. The lowest BCUT2D eigenvalue weighted by Gasteiger charge is -2.40. The molecule has 1 aromatic carbocycles. The molecule has 1 aliphatic heterocycles. The van der Waals surface area contributed by atoms with Crippen LogP contribution in [0, 0.1) is 35.5 Å². The molecular weight excluding hydrogens is 695 g/mol. The van der Waals surface area contributed by atoms with E-state index >= 15 is 0 Å². The molecule has 5 amide bonds. The molecule has 12 nitrogen and oxygen atoms in total. The molecule has 1 aromatic rings. The maximum absolute atomic E-state index is 14.8. The lowest BCUT2D eigenvalue weighted by atomic mass is 9.83. The number of Topliss-reactive ketones (excluding diaryl/α,β-unsaturated/α-hetero) is 1. The number of sulfone groups is 1. The highest BCUT2D eigenvalue weighted by Crippen LogP contribution is 2.65. The van der Waals surface area contributed by atoms with Gasteiger partial charge in [-0.3, -0.25) is 19.2 Å². The lowest BCUT2D eigenvalue weighted by molar-refractivity contribution is -0.144. The fourth-order valence-electron chi connectivity index (χ4n) is 8.73. The zero-order chi connectivity index (χ0) is 38.9. The number of likely N-dealkylation sites (tertiary alicyclic amines) is 1. The maximum Gasteiger partial charge on any atom is 0.315 e. The molecule has 1 saturated heterocycles. The van der Waals surface area contributed by atoms with E-state index in [2.05, 4.69) is 33.8 Å². The normalized spacial score (nSPS) is 24.0. The molecule has 1 heterocycles. The molecule has 0 spiro atoms. The zero-order valence-electron chi connectivity index (χ0n) is 31.6. The average Bonchev–Trinajstić information content (AvgIpc) is 3.44. The first-order valence-electron chi connectivity index (χ1n) is 18.7. The summed E-state index contributed by atoms with van der Waals surface area (Å²) in [6.45, 7) is 12.9. The molecule has 53 heavy (non-hydrogen) atoms. The number of piperidine rings is 1. The van der Waals surface area contributed by atoms with Gasteiger partial charge in [0.15, 0.2) is 9.84 Å². The van der Waals surface area contributed by atoms with Gasteiger partial charge in [-0.2, -0.15) is 0 Å². The van der Waals surface area contributed by atoms with Gasteiger partial charge in [-0.1, -0.05) is 63.5 Å². The van der Waals surface area contributed by atoms with Crippen LogP contribution in [-0.4, -0.2) is 90.1 Å². The summed E-state index contributed by atoms with van der Waals surface area (Å²) < 4.78 is 25.9. The number of carbonyl (C=O) groups is 5. The summed E-state index contributed by atoms with van der Waals surface area (Å²) in [5.74, 6) is -1.21. The number of terminal acetylenes is 1. The highest BCUT2D eigenvalue weighted by molar-refractivity contribution is 7.92. The molecule has 13 heteroatoms. The van der Waals surface area contributed by atoms with Crippen molar-refractivity contribution in [2.24, 2.45) is 23.2 Å². The Labute approximate surface area is 314 Å². The van der Waals surface area contributed by atoms with Crippen LogP contribution >= 0.6 is 0 Å². The molecule has 4 aliphatic rings. The summed E-state index contributed by atoms with van der Waals surface area (Å²) in [4.78, 5) is 70.1. The maximum atomic E-state index is 14.8. The molecule has 0 radical (unpaired) electrons. The van der Waals surface area contributed by atoms with Gasteiger partial charge in [0.25, 0.3) is 5.91 Å². The number of fused-ring (bicyclic) bond motifs is 2. The average molecular weight is 750 g/mol. The van der Waals surface area contributed by atoms with Crippen molar-refractivity contribution in [1.29, 1.82) is 0 Å². The Bertz CT molecular complexity index is 1760. The number of ketones is 1. The van der Waals surface area contributed by atoms with E-state index in [1.807, 2.05) is 38.1 Å². The van der Waals surface area contributed by atoms with E-state index in [-0.39, 0.29) is 48.4 Å². The number of nitrogens with one attached hydrogen (secondary N) is 4. The van der Waals surface area contributed by atoms with Crippen molar-refractivity contribution in [3.8, 4) is 12.3 Å². The minimum absolute atomic E-state index is 0.00300. The molecule has 5 atom stereocenters. The van der Waals surface area contributed by atoms with Gasteiger partial charge < -0.3 is 26.2 Å². The molecule has 2 saturated carbocycles. The molecule has 4 N–H and O–H groups in total. The van der Waals surface area contributed by atoms with Crippen LogP contribution in [0.25, 0.3) is 0 Å². The summed E-state index contributed by atoms with van der Waals surface area (Å²) in [6.07, 6.45) is 11.3. The quantitative estimate of drug-likeness (QED) is 0.137. The Kier molecular flexibility index (Phi) is 11.5. The number of amides is 5. The Morgan fingerprint density at radius 3 is 2.23 bits per heavy atom. The van der Waals surface area contributed by atoms with E-state index in [1.165, 1.54) is 11.0 Å². The minimum Gasteiger partial charge on any atom is -0.346 e. The first kappa shape index (κ1) is 40.0. The second kappa shape index (κ2) is 15.3. The van der Waals surface area contributed by atoms with Crippen LogP contribution in [0.4, 0.5) is 4.79 Å². The molecule has 5 rings (SSSR count). The van der Waals surface area contributed by atoms with E-state index in [4.69, 9.17) is 6.42 Å². The van der Waals surface area contributed by atoms with Crippen molar-refractivity contribution in [3.63, 3.8) is 0 Å². The van der Waals surface area contributed by atoms with Gasteiger partial charge in [0.2, 0.25) is 17.6 Å². The van der Waals surface area contributed by atoms with Gasteiger partial charge in [-0.25, -0.2) is 13.2 Å². The fourth-order valence-corrected chi connectivity index (χ4v) is 10.2. The van der Waals surface area contributed by atoms with E-state index in [0.717, 1.165) is 30.4 Å². The van der Waals surface area contributed by atoms with Gasteiger partial charge >= 0.3 is 6.03 Å².